The van der Waals surface area contributed by atoms with E-state index < -0.39 is 18.0 Å². The maximum absolute atomic E-state index is 12.1. The fraction of sp³-hybridized carbons (Fsp3) is 0.292. The lowest BCUT2D eigenvalue weighted by molar-refractivity contribution is -0.150. The van der Waals surface area contributed by atoms with Crippen LogP contribution in [0.4, 0.5) is 5.69 Å². The predicted molar refractivity (Wildman–Crippen MR) is 120 cm³/mol. The summed E-state index contributed by atoms with van der Waals surface area (Å²) in [5, 5.41) is 5.25. The first-order valence-electron chi connectivity index (χ1n) is 10.1. The molecule has 0 saturated heterocycles. The van der Waals surface area contributed by atoms with Crippen molar-refractivity contribution < 1.29 is 23.9 Å². The van der Waals surface area contributed by atoms with E-state index in [4.69, 9.17) is 9.47 Å². The summed E-state index contributed by atoms with van der Waals surface area (Å²) in [6.45, 7) is 7.48. The Hall–Kier alpha value is -3.61. The van der Waals surface area contributed by atoms with E-state index in [1.807, 2.05) is 39.0 Å². The van der Waals surface area contributed by atoms with E-state index in [1.165, 1.54) is 13.0 Å². The summed E-state index contributed by atoms with van der Waals surface area (Å²) in [6, 6.07) is 12.9. The highest BCUT2D eigenvalue weighted by Gasteiger charge is 2.17. The van der Waals surface area contributed by atoms with Gasteiger partial charge in [-0.2, -0.15) is 0 Å². The van der Waals surface area contributed by atoms with E-state index in [0.29, 0.717) is 6.61 Å². The largest absolute Gasteiger partial charge is 0.494 e. The van der Waals surface area contributed by atoms with Gasteiger partial charge in [-0.3, -0.25) is 9.59 Å². The Balaban J connectivity index is 1.79. The van der Waals surface area contributed by atoms with Crippen LogP contribution < -0.4 is 15.4 Å². The van der Waals surface area contributed by atoms with Gasteiger partial charge in [-0.15, -0.1) is 0 Å². The molecule has 7 nitrogen and oxygen atoms in total. The first-order valence-corrected chi connectivity index (χ1v) is 10.1. The van der Waals surface area contributed by atoms with Crippen molar-refractivity contribution in [2.24, 2.45) is 0 Å². The number of benzene rings is 2. The van der Waals surface area contributed by atoms with Gasteiger partial charge >= 0.3 is 5.97 Å². The van der Waals surface area contributed by atoms with Crippen LogP contribution in [0.1, 0.15) is 30.5 Å². The zero-order chi connectivity index (χ0) is 22.8. The summed E-state index contributed by atoms with van der Waals surface area (Å²) in [5.41, 5.74) is 3.38. The standard InChI is InChI=1S/C24H28N2O5/c1-5-30-20-12-9-19(10-13-20)11-14-22(28)31-18(4)24(29)25-15-21(27)26-23-16(2)7-6-8-17(23)3/h6-14,18H,5,15H2,1-4H3,(H,25,29)(H,26,27)/b14-11+/t18-/m0/s1. The second kappa shape index (κ2) is 11.5. The Morgan fingerprint density at radius 1 is 1.03 bits per heavy atom. The highest BCUT2D eigenvalue weighted by Crippen LogP contribution is 2.19. The Morgan fingerprint density at radius 2 is 1.68 bits per heavy atom. The van der Waals surface area contributed by atoms with Gasteiger partial charge in [-0.1, -0.05) is 30.3 Å². The minimum atomic E-state index is -1.04. The number of nitrogens with one attached hydrogen (secondary N) is 2. The minimum Gasteiger partial charge on any atom is -0.494 e. The average Bonchev–Trinajstić information content (AvgIpc) is 2.74. The summed E-state index contributed by atoms with van der Waals surface area (Å²) in [5.74, 6) is -0.829. The fourth-order valence-electron chi connectivity index (χ4n) is 2.78. The third kappa shape index (κ3) is 7.62. The van der Waals surface area contributed by atoms with Gasteiger partial charge in [-0.25, -0.2) is 4.79 Å². The molecule has 0 aliphatic heterocycles. The number of hydrogen-bond acceptors (Lipinski definition) is 5. The van der Waals surface area contributed by atoms with Crippen molar-refractivity contribution in [1.29, 1.82) is 0 Å². The van der Waals surface area contributed by atoms with Crippen LogP contribution in [0.25, 0.3) is 6.08 Å². The van der Waals surface area contributed by atoms with Crippen molar-refractivity contribution in [1.82, 2.24) is 5.32 Å². The lowest BCUT2D eigenvalue weighted by Gasteiger charge is -2.14. The van der Waals surface area contributed by atoms with Crippen LogP contribution in [0.5, 0.6) is 5.75 Å². The average molecular weight is 424 g/mol. The molecule has 0 aliphatic rings. The quantitative estimate of drug-likeness (QED) is 0.475. The van der Waals surface area contributed by atoms with Crippen LogP contribution >= 0.6 is 0 Å². The number of ether oxygens (including phenoxy) is 2. The molecule has 0 aromatic heterocycles. The first-order chi connectivity index (χ1) is 14.8. The molecule has 2 N–H and O–H groups in total. The van der Waals surface area contributed by atoms with Gasteiger partial charge in [-0.05, 0) is 62.6 Å². The maximum Gasteiger partial charge on any atom is 0.331 e. The van der Waals surface area contributed by atoms with E-state index in [2.05, 4.69) is 10.6 Å². The minimum absolute atomic E-state index is 0.226. The number of aryl methyl sites for hydroxylation is 2. The Labute approximate surface area is 182 Å². The fourth-order valence-corrected chi connectivity index (χ4v) is 2.78. The number of carbonyl (C=O) groups excluding carboxylic acids is 3. The molecule has 0 radical (unpaired) electrons. The second-order valence-corrected chi connectivity index (χ2v) is 6.95. The number of carbonyl (C=O) groups is 3. The SMILES string of the molecule is CCOc1ccc(/C=C/C(=O)O[C@@H](C)C(=O)NCC(=O)Nc2c(C)cccc2C)cc1. The number of amides is 2. The van der Waals surface area contributed by atoms with Crippen LogP contribution in [0.3, 0.4) is 0 Å². The van der Waals surface area contributed by atoms with Crippen molar-refractivity contribution >= 4 is 29.5 Å². The van der Waals surface area contributed by atoms with Gasteiger partial charge in [0.2, 0.25) is 5.91 Å². The van der Waals surface area contributed by atoms with Crippen LogP contribution in [-0.4, -0.2) is 37.0 Å². The van der Waals surface area contributed by atoms with Crippen LogP contribution in [-0.2, 0) is 19.1 Å². The molecule has 7 heteroatoms. The van der Waals surface area contributed by atoms with E-state index >= 15 is 0 Å². The molecule has 1 atom stereocenters. The Bertz CT molecular complexity index is 931. The molecule has 31 heavy (non-hydrogen) atoms. The third-order valence-corrected chi connectivity index (χ3v) is 4.43. The molecular weight excluding hydrogens is 396 g/mol. The summed E-state index contributed by atoms with van der Waals surface area (Å²) in [7, 11) is 0. The van der Waals surface area contributed by atoms with E-state index in [9.17, 15) is 14.4 Å². The lowest BCUT2D eigenvalue weighted by Crippen LogP contribution is -2.40. The number of hydrogen-bond donors (Lipinski definition) is 2. The summed E-state index contributed by atoms with van der Waals surface area (Å²) in [4.78, 5) is 36.2. The van der Waals surface area contributed by atoms with Gasteiger partial charge in [0.15, 0.2) is 6.10 Å². The molecule has 0 bridgehead atoms. The van der Waals surface area contributed by atoms with Crippen molar-refractivity contribution in [3.05, 3.63) is 65.2 Å². The van der Waals surface area contributed by atoms with Crippen molar-refractivity contribution in [3.8, 4) is 5.75 Å². The molecule has 2 amide bonds. The Kier molecular flexibility index (Phi) is 8.81. The molecule has 0 saturated carbocycles. The molecule has 2 rings (SSSR count). The van der Waals surface area contributed by atoms with Gasteiger partial charge in [0.25, 0.3) is 5.91 Å². The van der Waals surface area contributed by atoms with Crippen molar-refractivity contribution in [2.45, 2.75) is 33.8 Å². The molecule has 2 aromatic rings. The van der Waals surface area contributed by atoms with E-state index in [1.54, 1.807) is 30.3 Å². The maximum atomic E-state index is 12.1. The van der Waals surface area contributed by atoms with Crippen LogP contribution in [0.15, 0.2) is 48.5 Å². The summed E-state index contributed by atoms with van der Waals surface area (Å²) < 4.78 is 10.5. The molecule has 164 valence electrons. The van der Waals surface area contributed by atoms with E-state index in [0.717, 1.165) is 28.1 Å². The monoisotopic (exact) mass is 424 g/mol. The molecular formula is C24H28N2O5. The predicted octanol–water partition coefficient (Wildman–Crippen LogP) is 3.40. The molecule has 0 unspecified atom stereocenters. The number of anilines is 1. The molecule has 0 fully saturated rings. The normalized spacial score (nSPS) is 11.6. The third-order valence-electron chi connectivity index (χ3n) is 4.43. The highest BCUT2D eigenvalue weighted by atomic mass is 16.5. The van der Waals surface area contributed by atoms with Crippen molar-refractivity contribution in [2.75, 3.05) is 18.5 Å². The number of esters is 1. The lowest BCUT2D eigenvalue weighted by atomic mass is 10.1. The summed E-state index contributed by atoms with van der Waals surface area (Å²) in [6.07, 6.45) is 1.79. The number of rotatable bonds is 9. The summed E-state index contributed by atoms with van der Waals surface area (Å²) >= 11 is 0. The molecule has 0 spiro atoms. The smallest absolute Gasteiger partial charge is 0.331 e. The molecule has 2 aromatic carbocycles. The van der Waals surface area contributed by atoms with E-state index in [-0.39, 0.29) is 12.5 Å². The second-order valence-electron chi connectivity index (χ2n) is 6.95. The Morgan fingerprint density at radius 3 is 2.29 bits per heavy atom. The van der Waals surface area contributed by atoms with Crippen LogP contribution in [0.2, 0.25) is 0 Å². The van der Waals surface area contributed by atoms with Crippen LogP contribution in [0, 0.1) is 13.8 Å². The topological polar surface area (TPSA) is 93.7 Å². The number of para-hydroxylation sites is 1. The zero-order valence-electron chi connectivity index (χ0n) is 18.2. The van der Waals surface area contributed by atoms with Crippen molar-refractivity contribution in [3.63, 3.8) is 0 Å². The highest BCUT2D eigenvalue weighted by molar-refractivity contribution is 5.96. The van der Waals surface area contributed by atoms with Gasteiger partial charge in [0.05, 0.1) is 13.2 Å². The van der Waals surface area contributed by atoms with Gasteiger partial charge < -0.3 is 20.1 Å². The first kappa shape index (κ1) is 23.7. The molecule has 0 aliphatic carbocycles. The zero-order valence-corrected chi connectivity index (χ0v) is 18.2. The van der Waals surface area contributed by atoms with Gasteiger partial charge in [0.1, 0.15) is 5.75 Å². The molecule has 0 heterocycles. The van der Waals surface area contributed by atoms with Gasteiger partial charge in [0, 0.05) is 11.8 Å².